The fraction of sp³-hybridized carbons (Fsp3) is 0.111. The average Bonchev–Trinajstić information content (AvgIpc) is 2.61. The molecule has 0 radical (unpaired) electrons. The Morgan fingerprint density at radius 3 is 2.36 bits per heavy atom. The molecule has 0 aliphatic carbocycles. The van der Waals surface area contributed by atoms with E-state index in [0.29, 0.717) is 15.8 Å². The summed E-state index contributed by atoms with van der Waals surface area (Å²) in [5.74, 6) is -2.20. The molecule has 0 aliphatic rings. The van der Waals surface area contributed by atoms with E-state index in [1.807, 2.05) is 0 Å². The highest BCUT2D eigenvalue weighted by atomic mass is 35.5. The second kappa shape index (κ2) is 6.64. The SMILES string of the molecule is COC(=O)c1ccc2c(Cl)cnc(-c3c(F)cc(OC)cc3F)c2c1. The monoisotopic (exact) mass is 363 g/mol. The van der Waals surface area contributed by atoms with E-state index in [9.17, 15) is 13.6 Å². The topological polar surface area (TPSA) is 48.4 Å². The number of esters is 1. The quantitative estimate of drug-likeness (QED) is 0.637. The third kappa shape index (κ3) is 3.00. The number of ether oxygens (including phenoxy) is 2. The van der Waals surface area contributed by atoms with Crippen LogP contribution in [0.1, 0.15) is 10.4 Å². The Balaban J connectivity index is 2.33. The molecular formula is C18H12ClF2NO3. The Bertz CT molecular complexity index is 968. The Morgan fingerprint density at radius 2 is 1.76 bits per heavy atom. The average molecular weight is 364 g/mol. The Hall–Kier alpha value is -2.73. The highest BCUT2D eigenvalue weighted by Crippen LogP contribution is 2.35. The van der Waals surface area contributed by atoms with Gasteiger partial charge in [0.1, 0.15) is 17.4 Å². The molecule has 0 saturated carbocycles. The lowest BCUT2D eigenvalue weighted by Crippen LogP contribution is -2.02. The van der Waals surface area contributed by atoms with Crippen molar-refractivity contribution in [2.24, 2.45) is 0 Å². The van der Waals surface area contributed by atoms with Gasteiger partial charge in [-0.05, 0) is 12.1 Å². The fourth-order valence-corrected chi connectivity index (χ4v) is 2.76. The number of aromatic nitrogens is 1. The van der Waals surface area contributed by atoms with Crippen LogP contribution in [-0.4, -0.2) is 25.2 Å². The summed E-state index contributed by atoms with van der Waals surface area (Å²) in [6, 6.07) is 6.66. The molecule has 0 atom stereocenters. The van der Waals surface area contributed by atoms with Crippen LogP contribution < -0.4 is 4.74 Å². The summed E-state index contributed by atoms with van der Waals surface area (Å²) in [6.07, 6.45) is 1.31. The lowest BCUT2D eigenvalue weighted by molar-refractivity contribution is 0.0601. The maximum Gasteiger partial charge on any atom is 0.337 e. The lowest BCUT2D eigenvalue weighted by atomic mass is 10.0. The molecule has 1 heterocycles. The second-order valence-corrected chi connectivity index (χ2v) is 5.58. The minimum atomic E-state index is -0.837. The maximum atomic E-state index is 14.5. The number of carbonyl (C=O) groups is 1. The van der Waals surface area contributed by atoms with Crippen molar-refractivity contribution >= 4 is 28.3 Å². The van der Waals surface area contributed by atoms with E-state index in [1.165, 1.54) is 32.5 Å². The van der Waals surface area contributed by atoms with Gasteiger partial charge in [0.05, 0.1) is 36.1 Å². The maximum absolute atomic E-state index is 14.5. The number of nitrogens with zero attached hydrogens (tertiary/aromatic N) is 1. The van der Waals surface area contributed by atoms with Crippen molar-refractivity contribution < 1.29 is 23.0 Å². The van der Waals surface area contributed by atoms with Crippen LogP contribution in [0.2, 0.25) is 5.02 Å². The van der Waals surface area contributed by atoms with Crippen molar-refractivity contribution in [2.45, 2.75) is 0 Å². The molecular weight excluding hydrogens is 352 g/mol. The van der Waals surface area contributed by atoms with Crippen molar-refractivity contribution in [3.05, 3.63) is 58.7 Å². The van der Waals surface area contributed by atoms with Crippen molar-refractivity contribution in [3.63, 3.8) is 0 Å². The second-order valence-electron chi connectivity index (χ2n) is 5.17. The molecule has 25 heavy (non-hydrogen) atoms. The van der Waals surface area contributed by atoms with E-state index in [0.717, 1.165) is 12.1 Å². The fourth-order valence-electron chi connectivity index (χ4n) is 2.55. The van der Waals surface area contributed by atoms with Crippen LogP contribution in [-0.2, 0) is 4.74 Å². The van der Waals surface area contributed by atoms with Crippen LogP contribution in [0, 0.1) is 11.6 Å². The van der Waals surface area contributed by atoms with Crippen LogP contribution >= 0.6 is 11.6 Å². The van der Waals surface area contributed by atoms with E-state index in [1.54, 1.807) is 6.07 Å². The summed E-state index contributed by atoms with van der Waals surface area (Å²) in [5.41, 5.74) is -0.0815. The first-order chi connectivity index (χ1) is 12.0. The Kier molecular flexibility index (Phi) is 4.55. The zero-order valence-electron chi connectivity index (χ0n) is 13.3. The predicted molar refractivity (Wildman–Crippen MR) is 90.0 cm³/mol. The molecule has 0 saturated heterocycles. The Morgan fingerprint density at radius 1 is 1.08 bits per heavy atom. The van der Waals surface area contributed by atoms with Gasteiger partial charge in [-0.2, -0.15) is 0 Å². The smallest absolute Gasteiger partial charge is 0.337 e. The summed E-state index contributed by atoms with van der Waals surface area (Å²) in [4.78, 5) is 15.8. The van der Waals surface area contributed by atoms with Gasteiger partial charge in [0.25, 0.3) is 0 Å². The molecule has 7 heteroatoms. The number of methoxy groups -OCH3 is 2. The lowest BCUT2D eigenvalue weighted by Gasteiger charge is -2.11. The molecule has 0 aliphatic heterocycles. The molecule has 3 aromatic rings. The van der Waals surface area contributed by atoms with Crippen LogP contribution in [0.15, 0.2) is 36.5 Å². The molecule has 0 bridgehead atoms. The van der Waals surface area contributed by atoms with Gasteiger partial charge in [-0.25, -0.2) is 13.6 Å². The van der Waals surface area contributed by atoms with Crippen LogP contribution in [0.25, 0.3) is 22.0 Å². The molecule has 0 amide bonds. The number of pyridine rings is 1. The van der Waals surface area contributed by atoms with E-state index in [2.05, 4.69) is 9.72 Å². The van der Waals surface area contributed by atoms with Crippen LogP contribution in [0.3, 0.4) is 0 Å². The number of benzene rings is 2. The molecule has 2 aromatic carbocycles. The molecule has 0 N–H and O–H groups in total. The zero-order chi connectivity index (χ0) is 18.1. The van der Waals surface area contributed by atoms with Crippen molar-refractivity contribution in [3.8, 4) is 17.0 Å². The predicted octanol–water partition coefficient (Wildman–Crippen LogP) is 4.63. The summed E-state index contributed by atoms with van der Waals surface area (Å²) < 4.78 is 38.4. The van der Waals surface area contributed by atoms with Crippen LogP contribution in [0.4, 0.5) is 8.78 Å². The first kappa shape index (κ1) is 17.1. The van der Waals surface area contributed by atoms with Gasteiger partial charge in [-0.3, -0.25) is 4.98 Å². The van der Waals surface area contributed by atoms with Gasteiger partial charge in [0.15, 0.2) is 0 Å². The largest absolute Gasteiger partial charge is 0.497 e. The van der Waals surface area contributed by atoms with E-state index in [-0.39, 0.29) is 22.6 Å². The standard InChI is InChI=1S/C18H12ClF2NO3/c1-24-10-6-14(20)16(15(21)7-10)17-12-5-9(18(23)25-2)3-4-11(12)13(19)8-22-17/h3-8H,1-2H3. The summed E-state index contributed by atoms with van der Waals surface area (Å²) in [7, 11) is 2.55. The molecule has 1 aromatic heterocycles. The molecule has 0 fully saturated rings. The van der Waals surface area contributed by atoms with Gasteiger partial charge in [0, 0.05) is 29.1 Å². The number of hydrogen-bond acceptors (Lipinski definition) is 4. The van der Waals surface area contributed by atoms with Gasteiger partial charge < -0.3 is 9.47 Å². The summed E-state index contributed by atoms with van der Waals surface area (Å²) in [5, 5.41) is 1.14. The number of fused-ring (bicyclic) bond motifs is 1. The number of halogens is 3. The van der Waals surface area contributed by atoms with Gasteiger partial charge in [-0.1, -0.05) is 17.7 Å². The minimum absolute atomic E-state index is 0.0304. The minimum Gasteiger partial charge on any atom is -0.497 e. The summed E-state index contributed by atoms with van der Waals surface area (Å²) in [6.45, 7) is 0. The highest BCUT2D eigenvalue weighted by molar-refractivity contribution is 6.35. The number of carbonyl (C=O) groups excluding carboxylic acids is 1. The van der Waals surface area contributed by atoms with E-state index < -0.39 is 17.6 Å². The third-order valence-corrected chi connectivity index (χ3v) is 4.05. The van der Waals surface area contributed by atoms with Crippen molar-refractivity contribution in [1.29, 1.82) is 0 Å². The zero-order valence-corrected chi connectivity index (χ0v) is 14.0. The Labute approximate surface area is 147 Å². The third-order valence-electron chi connectivity index (χ3n) is 3.75. The molecule has 4 nitrogen and oxygen atoms in total. The van der Waals surface area contributed by atoms with Gasteiger partial charge in [0.2, 0.25) is 0 Å². The highest BCUT2D eigenvalue weighted by Gasteiger charge is 2.19. The first-order valence-corrected chi connectivity index (χ1v) is 7.54. The number of rotatable bonds is 3. The van der Waals surface area contributed by atoms with Crippen LogP contribution in [0.5, 0.6) is 5.75 Å². The van der Waals surface area contributed by atoms with E-state index >= 15 is 0 Å². The van der Waals surface area contributed by atoms with Crippen molar-refractivity contribution in [2.75, 3.05) is 14.2 Å². The summed E-state index contributed by atoms with van der Waals surface area (Å²) >= 11 is 6.12. The molecule has 128 valence electrons. The molecule has 3 rings (SSSR count). The van der Waals surface area contributed by atoms with Gasteiger partial charge >= 0.3 is 5.97 Å². The number of hydrogen-bond donors (Lipinski definition) is 0. The first-order valence-electron chi connectivity index (χ1n) is 7.16. The molecule has 0 spiro atoms. The van der Waals surface area contributed by atoms with Crippen molar-refractivity contribution in [1.82, 2.24) is 4.98 Å². The molecule has 0 unspecified atom stereocenters. The van der Waals surface area contributed by atoms with Gasteiger partial charge in [-0.15, -0.1) is 0 Å². The van der Waals surface area contributed by atoms with E-state index in [4.69, 9.17) is 16.3 Å². The normalized spacial score (nSPS) is 10.8.